The summed E-state index contributed by atoms with van der Waals surface area (Å²) in [6, 6.07) is 11.4. The van der Waals surface area contributed by atoms with Crippen LogP contribution in [-0.4, -0.2) is 34.5 Å². The predicted molar refractivity (Wildman–Crippen MR) is 114 cm³/mol. The number of rotatable bonds is 6. The van der Waals surface area contributed by atoms with Gasteiger partial charge in [-0.05, 0) is 30.2 Å². The highest BCUT2D eigenvalue weighted by molar-refractivity contribution is 6.30. The molecule has 0 unspecified atom stereocenters. The van der Waals surface area contributed by atoms with Gasteiger partial charge in [-0.15, -0.1) is 0 Å². The van der Waals surface area contributed by atoms with Crippen molar-refractivity contribution < 1.29 is 46.1 Å². The van der Waals surface area contributed by atoms with E-state index in [1.165, 1.54) is 36.4 Å². The molecule has 0 amide bonds. The van der Waals surface area contributed by atoms with Crippen molar-refractivity contribution in [2.75, 3.05) is 0 Å². The molecule has 4 nitrogen and oxygen atoms in total. The van der Waals surface area contributed by atoms with Crippen LogP contribution >= 0.6 is 11.6 Å². The van der Waals surface area contributed by atoms with E-state index >= 15 is 0 Å². The molecule has 2 aromatic carbocycles. The first-order chi connectivity index (χ1) is 15.5. The summed E-state index contributed by atoms with van der Waals surface area (Å²) in [4.78, 5) is 21.9. The summed E-state index contributed by atoms with van der Waals surface area (Å²) in [5.74, 6) is -10.0. The summed E-state index contributed by atoms with van der Waals surface area (Å²) in [6.45, 7) is 3.53. The predicted octanol–water partition coefficient (Wildman–Crippen LogP) is 7.07. The van der Waals surface area contributed by atoms with E-state index in [4.69, 9.17) is 21.8 Å². The number of carboxylic acids is 2. The normalized spacial score (nSPS) is 15.4. The first-order valence-electron chi connectivity index (χ1n) is 9.87. The number of hydrogen-bond donors (Lipinski definition) is 2. The van der Waals surface area contributed by atoms with Crippen molar-refractivity contribution >= 4 is 23.5 Å². The fourth-order valence-electron chi connectivity index (χ4n) is 3.11. The first kappa shape index (κ1) is 29.3. The van der Waals surface area contributed by atoms with Crippen molar-refractivity contribution in [2.45, 2.75) is 45.0 Å². The Bertz CT molecular complexity index is 876. The Labute approximate surface area is 197 Å². The molecule has 2 N–H and O–H groups in total. The average molecular weight is 513 g/mol. The first-order valence-corrected chi connectivity index (χ1v) is 10.3. The van der Waals surface area contributed by atoms with Crippen LogP contribution in [0.1, 0.15) is 42.4 Å². The molecule has 2 aromatic rings. The van der Waals surface area contributed by atoms with Crippen LogP contribution in [0.25, 0.3) is 0 Å². The number of aliphatic carboxylic acids is 2. The van der Waals surface area contributed by atoms with Gasteiger partial charge >= 0.3 is 24.3 Å². The van der Waals surface area contributed by atoms with E-state index in [0.29, 0.717) is 5.02 Å². The average Bonchev–Trinajstić information content (AvgIpc) is 2.70. The monoisotopic (exact) mass is 512 g/mol. The Morgan fingerprint density at radius 3 is 1.26 bits per heavy atom. The third-order valence-corrected chi connectivity index (χ3v) is 5.48. The number of hydrogen-bond acceptors (Lipinski definition) is 2. The van der Waals surface area contributed by atoms with Gasteiger partial charge in [0, 0.05) is 5.02 Å². The second-order valence-corrected chi connectivity index (χ2v) is 8.19. The number of alkyl halides is 6. The van der Waals surface area contributed by atoms with Gasteiger partial charge in [-0.2, -0.15) is 26.3 Å². The molecule has 188 valence electrons. The van der Waals surface area contributed by atoms with E-state index in [1.54, 1.807) is 19.1 Å². The van der Waals surface area contributed by atoms with Crippen molar-refractivity contribution in [2.24, 2.45) is 11.8 Å². The van der Waals surface area contributed by atoms with Crippen LogP contribution in [0.15, 0.2) is 48.5 Å². The van der Waals surface area contributed by atoms with Gasteiger partial charge in [0.2, 0.25) is 0 Å². The summed E-state index contributed by atoms with van der Waals surface area (Å²) in [5, 5.41) is 18.2. The molecule has 4 atom stereocenters. The highest BCUT2D eigenvalue weighted by Crippen LogP contribution is 2.38. The smallest absolute Gasteiger partial charge is 0.392 e. The third-order valence-electron chi connectivity index (χ3n) is 5.23. The Morgan fingerprint density at radius 2 is 1.00 bits per heavy atom. The lowest BCUT2D eigenvalue weighted by atomic mass is 9.86. The van der Waals surface area contributed by atoms with E-state index < -0.39 is 48.0 Å². The zero-order valence-corrected chi connectivity index (χ0v) is 19.0. The van der Waals surface area contributed by atoms with Crippen LogP contribution < -0.4 is 0 Å². The molecule has 0 aliphatic heterocycles. The van der Waals surface area contributed by atoms with Crippen LogP contribution in [-0.2, 0) is 9.59 Å². The van der Waals surface area contributed by atoms with Gasteiger partial charge in [-0.1, -0.05) is 67.4 Å². The molecular weight excluding hydrogens is 490 g/mol. The van der Waals surface area contributed by atoms with Gasteiger partial charge in [-0.25, -0.2) is 0 Å². The quantitative estimate of drug-likeness (QED) is 0.406. The lowest BCUT2D eigenvalue weighted by Gasteiger charge is -2.23. The number of carbonyl (C=O) groups is 2. The summed E-state index contributed by atoms with van der Waals surface area (Å²) >= 11 is 5.60. The lowest BCUT2D eigenvalue weighted by Crippen LogP contribution is -2.31. The van der Waals surface area contributed by atoms with Crippen molar-refractivity contribution in [3.63, 3.8) is 0 Å². The minimum absolute atomic E-state index is 0.0896. The van der Waals surface area contributed by atoms with E-state index in [9.17, 15) is 35.9 Å². The molecule has 11 heteroatoms. The molecule has 0 radical (unpaired) electrons. The van der Waals surface area contributed by atoms with Gasteiger partial charge < -0.3 is 10.2 Å². The molecule has 0 bridgehead atoms. The minimum Gasteiger partial charge on any atom is -0.481 e. The van der Waals surface area contributed by atoms with Crippen LogP contribution in [0, 0.1) is 18.8 Å². The van der Waals surface area contributed by atoms with E-state index in [2.05, 4.69) is 0 Å². The van der Waals surface area contributed by atoms with Crippen LogP contribution in [0.3, 0.4) is 0 Å². The SMILES string of the molecule is C[C@@H]([C@@H](C(=O)O)c1ccc(Cl)cc1)C(F)(F)F.Cc1ccc([C@@H](C(=O)O)[C@@H](C)C(F)(F)F)cc1. The molecule has 2 rings (SSSR count). The molecular formula is C23H23ClF6O4. The summed E-state index contributed by atoms with van der Waals surface area (Å²) in [5.41, 5.74) is 1.14. The van der Waals surface area contributed by atoms with E-state index in [1.807, 2.05) is 0 Å². The van der Waals surface area contributed by atoms with Gasteiger partial charge in [0.25, 0.3) is 0 Å². The maximum absolute atomic E-state index is 12.6. The molecule has 0 aliphatic rings. The molecule has 0 fully saturated rings. The lowest BCUT2D eigenvalue weighted by molar-refractivity contribution is -0.183. The number of carboxylic acid groups (broad SMARTS) is 2. The van der Waals surface area contributed by atoms with Crippen LogP contribution in [0.5, 0.6) is 0 Å². The maximum Gasteiger partial charge on any atom is 0.392 e. The summed E-state index contributed by atoms with van der Waals surface area (Å²) in [6.07, 6.45) is -9.07. The van der Waals surface area contributed by atoms with Crippen molar-refractivity contribution in [1.29, 1.82) is 0 Å². The van der Waals surface area contributed by atoms with Crippen molar-refractivity contribution in [3.8, 4) is 0 Å². The number of benzene rings is 2. The zero-order chi connectivity index (χ0) is 26.4. The van der Waals surface area contributed by atoms with E-state index in [-0.39, 0.29) is 11.1 Å². The van der Waals surface area contributed by atoms with Gasteiger partial charge in [0.1, 0.15) is 0 Å². The molecule has 34 heavy (non-hydrogen) atoms. The Kier molecular flexibility index (Phi) is 9.98. The Balaban J connectivity index is 0.000000340. The Hall–Kier alpha value is -2.75. The topological polar surface area (TPSA) is 74.6 Å². The molecule has 0 saturated heterocycles. The van der Waals surface area contributed by atoms with Crippen molar-refractivity contribution in [3.05, 3.63) is 70.2 Å². The second kappa shape index (κ2) is 11.6. The molecule has 0 spiro atoms. The zero-order valence-electron chi connectivity index (χ0n) is 18.3. The summed E-state index contributed by atoms with van der Waals surface area (Å²) < 4.78 is 75.3. The van der Waals surface area contributed by atoms with Gasteiger partial charge in [0.05, 0.1) is 23.7 Å². The molecule has 0 aromatic heterocycles. The number of halogens is 7. The fourth-order valence-corrected chi connectivity index (χ4v) is 3.24. The van der Waals surface area contributed by atoms with Crippen LogP contribution in [0.2, 0.25) is 5.02 Å². The van der Waals surface area contributed by atoms with E-state index in [0.717, 1.165) is 19.4 Å². The van der Waals surface area contributed by atoms with Crippen LogP contribution in [0.4, 0.5) is 26.3 Å². The third kappa shape index (κ3) is 8.23. The summed E-state index contributed by atoms with van der Waals surface area (Å²) in [7, 11) is 0. The highest BCUT2D eigenvalue weighted by Gasteiger charge is 2.45. The molecule has 0 saturated carbocycles. The maximum atomic E-state index is 12.6. The fraction of sp³-hybridized carbons (Fsp3) is 0.391. The van der Waals surface area contributed by atoms with Crippen molar-refractivity contribution in [1.82, 2.24) is 0 Å². The molecule has 0 aliphatic carbocycles. The van der Waals surface area contributed by atoms with Gasteiger partial charge in [-0.3, -0.25) is 9.59 Å². The highest BCUT2D eigenvalue weighted by atomic mass is 35.5. The van der Waals surface area contributed by atoms with Gasteiger partial charge in [0.15, 0.2) is 0 Å². The Morgan fingerprint density at radius 1 is 0.706 bits per heavy atom. The molecule has 0 heterocycles. The largest absolute Gasteiger partial charge is 0.481 e. The second-order valence-electron chi connectivity index (χ2n) is 7.75. The standard InChI is InChI=1S/C12H13F3O2.C11H10ClF3O2/c1-7-3-5-9(6-4-7)10(11(16)17)8(2)12(13,14)15;1-6(11(13,14)15)9(10(16)17)7-2-4-8(12)5-3-7/h3-6,8,10H,1-2H3,(H,16,17);2-6,9H,1H3,(H,16,17)/t8-,10+;6-,9+/m10/s1. The minimum atomic E-state index is -4.55. The number of aryl methyl sites for hydroxylation is 1.